The summed E-state index contributed by atoms with van der Waals surface area (Å²) in [6.45, 7) is 2.57. The summed E-state index contributed by atoms with van der Waals surface area (Å²) in [5, 5.41) is 15.3. The van der Waals surface area contributed by atoms with Gasteiger partial charge in [0.2, 0.25) is 0 Å². The Bertz CT molecular complexity index is 1220. The van der Waals surface area contributed by atoms with Crippen LogP contribution >= 0.6 is 11.6 Å². The summed E-state index contributed by atoms with van der Waals surface area (Å²) in [7, 11) is 0. The fourth-order valence-corrected chi connectivity index (χ4v) is 3.84. The molecule has 1 heterocycles. The number of carbonyl (C=O) groups is 2. The zero-order valence-corrected chi connectivity index (χ0v) is 18.5. The summed E-state index contributed by atoms with van der Waals surface area (Å²) in [6, 6.07) is 23.0. The van der Waals surface area contributed by atoms with Gasteiger partial charge in [0, 0.05) is 53.8 Å². The molecule has 33 heavy (non-hydrogen) atoms. The van der Waals surface area contributed by atoms with Crippen LogP contribution in [0.2, 0.25) is 5.02 Å². The highest BCUT2D eigenvalue weighted by molar-refractivity contribution is 6.30. The van der Waals surface area contributed by atoms with Gasteiger partial charge in [0.1, 0.15) is 0 Å². The lowest BCUT2D eigenvalue weighted by molar-refractivity contribution is 0.102. The number of urea groups is 1. The van der Waals surface area contributed by atoms with Crippen molar-refractivity contribution in [3.63, 3.8) is 0 Å². The number of benzene rings is 3. The fraction of sp³-hybridized carbons (Fsp3) is 0.160. The third-order valence-electron chi connectivity index (χ3n) is 5.37. The third kappa shape index (κ3) is 5.62. The first-order valence-electron chi connectivity index (χ1n) is 10.5. The van der Waals surface area contributed by atoms with Gasteiger partial charge in [-0.15, -0.1) is 0 Å². The Labute approximate surface area is 197 Å². The van der Waals surface area contributed by atoms with Gasteiger partial charge in [0.25, 0.3) is 5.91 Å². The van der Waals surface area contributed by atoms with Crippen LogP contribution in [0.15, 0.2) is 72.8 Å². The minimum Gasteiger partial charge on any atom is -0.368 e. The molecule has 7 nitrogen and oxygen atoms in total. The maximum atomic E-state index is 12.8. The molecule has 0 spiro atoms. The molecule has 0 aromatic heterocycles. The van der Waals surface area contributed by atoms with Crippen molar-refractivity contribution in [2.24, 2.45) is 0 Å². The topological polar surface area (TPSA) is 88.5 Å². The zero-order valence-electron chi connectivity index (χ0n) is 17.8. The van der Waals surface area contributed by atoms with Crippen molar-refractivity contribution < 1.29 is 9.59 Å². The highest BCUT2D eigenvalue weighted by Crippen LogP contribution is 2.21. The normalized spacial score (nSPS) is 13.2. The Morgan fingerprint density at radius 2 is 1.55 bits per heavy atom. The van der Waals surface area contributed by atoms with Crippen LogP contribution in [0, 0.1) is 11.3 Å². The molecule has 0 bridgehead atoms. The van der Waals surface area contributed by atoms with E-state index in [-0.39, 0.29) is 11.9 Å². The highest BCUT2D eigenvalue weighted by Gasteiger charge is 2.21. The molecule has 0 unspecified atom stereocenters. The molecule has 0 atom stereocenters. The molecular formula is C25H22ClN5O2. The van der Waals surface area contributed by atoms with Crippen LogP contribution in [0.5, 0.6) is 0 Å². The summed E-state index contributed by atoms with van der Waals surface area (Å²) >= 11 is 6.08. The predicted octanol–water partition coefficient (Wildman–Crippen LogP) is 4.82. The van der Waals surface area contributed by atoms with Crippen molar-refractivity contribution in [1.29, 1.82) is 5.26 Å². The number of amides is 3. The second-order valence-corrected chi connectivity index (χ2v) is 8.05. The van der Waals surface area contributed by atoms with Gasteiger partial charge in [-0.3, -0.25) is 4.79 Å². The highest BCUT2D eigenvalue weighted by atomic mass is 35.5. The SMILES string of the molecule is N#Cc1cccc(NC(=O)c2cccc(NC(=O)N3CCN(c4cccc(Cl)c4)CC3)c2)c1. The maximum Gasteiger partial charge on any atom is 0.321 e. The summed E-state index contributed by atoms with van der Waals surface area (Å²) in [5.41, 5.74) is 2.98. The van der Waals surface area contributed by atoms with E-state index in [0.717, 1.165) is 5.69 Å². The van der Waals surface area contributed by atoms with E-state index in [4.69, 9.17) is 16.9 Å². The van der Waals surface area contributed by atoms with Crippen LogP contribution in [-0.2, 0) is 0 Å². The molecule has 166 valence electrons. The van der Waals surface area contributed by atoms with Crippen molar-refractivity contribution in [2.45, 2.75) is 0 Å². The number of hydrogen-bond acceptors (Lipinski definition) is 4. The largest absolute Gasteiger partial charge is 0.368 e. The quantitative estimate of drug-likeness (QED) is 0.585. The number of nitrogens with one attached hydrogen (secondary N) is 2. The number of carbonyl (C=O) groups excluding carboxylic acids is 2. The molecule has 3 amide bonds. The van der Waals surface area contributed by atoms with Gasteiger partial charge < -0.3 is 20.4 Å². The molecule has 0 aliphatic carbocycles. The molecule has 0 saturated carbocycles. The molecule has 1 aliphatic heterocycles. The van der Waals surface area contributed by atoms with E-state index in [2.05, 4.69) is 15.5 Å². The fourth-order valence-electron chi connectivity index (χ4n) is 3.65. The van der Waals surface area contributed by atoms with Crippen LogP contribution < -0.4 is 15.5 Å². The first-order valence-corrected chi connectivity index (χ1v) is 10.9. The van der Waals surface area contributed by atoms with Gasteiger partial charge in [-0.25, -0.2) is 4.79 Å². The van der Waals surface area contributed by atoms with E-state index < -0.39 is 0 Å². The van der Waals surface area contributed by atoms with Crippen molar-refractivity contribution in [1.82, 2.24) is 4.90 Å². The molecule has 2 N–H and O–H groups in total. The van der Waals surface area contributed by atoms with E-state index in [1.54, 1.807) is 53.4 Å². The predicted molar refractivity (Wildman–Crippen MR) is 130 cm³/mol. The van der Waals surface area contributed by atoms with Crippen LogP contribution in [-0.4, -0.2) is 43.0 Å². The number of hydrogen-bond donors (Lipinski definition) is 2. The second kappa shape index (κ2) is 10.1. The van der Waals surface area contributed by atoms with E-state index in [0.29, 0.717) is 53.7 Å². The Morgan fingerprint density at radius 1 is 0.848 bits per heavy atom. The molecule has 1 saturated heterocycles. The molecule has 3 aromatic carbocycles. The first kappa shape index (κ1) is 22.2. The summed E-state index contributed by atoms with van der Waals surface area (Å²) in [4.78, 5) is 29.3. The standard InChI is InChI=1S/C25H22ClN5O2/c26-20-6-3-9-23(16-20)30-10-12-31(13-11-30)25(33)29-22-8-2-5-19(15-22)24(32)28-21-7-1-4-18(14-21)17-27/h1-9,14-16H,10-13H2,(H,28,32)(H,29,33). The monoisotopic (exact) mass is 459 g/mol. The molecule has 1 aliphatic rings. The van der Waals surface area contributed by atoms with E-state index in [1.807, 2.05) is 30.3 Å². The lowest BCUT2D eigenvalue weighted by Crippen LogP contribution is -2.50. The minimum absolute atomic E-state index is 0.208. The van der Waals surface area contributed by atoms with Gasteiger partial charge in [0.15, 0.2) is 0 Å². The van der Waals surface area contributed by atoms with Gasteiger partial charge in [-0.2, -0.15) is 5.26 Å². The molecule has 8 heteroatoms. The van der Waals surface area contributed by atoms with Crippen LogP contribution in [0.3, 0.4) is 0 Å². The molecule has 3 aromatic rings. The first-order chi connectivity index (χ1) is 16.0. The van der Waals surface area contributed by atoms with Crippen LogP contribution in [0.25, 0.3) is 0 Å². The zero-order chi connectivity index (χ0) is 23.2. The number of rotatable bonds is 4. The van der Waals surface area contributed by atoms with Gasteiger partial charge in [-0.05, 0) is 54.6 Å². The smallest absolute Gasteiger partial charge is 0.321 e. The van der Waals surface area contributed by atoms with Crippen molar-refractivity contribution in [3.05, 3.63) is 88.9 Å². The van der Waals surface area contributed by atoms with Gasteiger partial charge in [0.05, 0.1) is 11.6 Å². The second-order valence-electron chi connectivity index (χ2n) is 7.61. The Balaban J connectivity index is 1.35. The lowest BCUT2D eigenvalue weighted by Gasteiger charge is -2.36. The van der Waals surface area contributed by atoms with Gasteiger partial charge >= 0.3 is 6.03 Å². The molecule has 4 rings (SSSR count). The average molecular weight is 460 g/mol. The van der Waals surface area contributed by atoms with Crippen molar-refractivity contribution in [3.8, 4) is 6.07 Å². The van der Waals surface area contributed by atoms with E-state index in [1.165, 1.54) is 0 Å². The Morgan fingerprint density at radius 3 is 2.27 bits per heavy atom. The van der Waals surface area contributed by atoms with Gasteiger partial charge in [-0.1, -0.05) is 29.8 Å². The average Bonchev–Trinajstić information content (AvgIpc) is 2.84. The molecule has 1 fully saturated rings. The summed E-state index contributed by atoms with van der Waals surface area (Å²) in [6.07, 6.45) is 0. The van der Waals surface area contributed by atoms with Crippen LogP contribution in [0.4, 0.5) is 21.9 Å². The molecular weight excluding hydrogens is 438 g/mol. The van der Waals surface area contributed by atoms with Crippen LogP contribution in [0.1, 0.15) is 15.9 Å². The van der Waals surface area contributed by atoms with E-state index >= 15 is 0 Å². The number of anilines is 3. The summed E-state index contributed by atoms with van der Waals surface area (Å²) in [5.74, 6) is -0.323. The number of piperazine rings is 1. The number of halogens is 1. The number of nitrogens with zero attached hydrogens (tertiary/aromatic N) is 3. The minimum atomic E-state index is -0.323. The lowest BCUT2D eigenvalue weighted by atomic mass is 10.1. The number of nitriles is 1. The Kier molecular flexibility index (Phi) is 6.77. The van der Waals surface area contributed by atoms with E-state index in [9.17, 15) is 9.59 Å². The van der Waals surface area contributed by atoms with Crippen molar-refractivity contribution >= 4 is 40.6 Å². The maximum absolute atomic E-state index is 12.8. The third-order valence-corrected chi connectivity index (χ3v) is 5.60. The Hall–Kier alpha value is -4.02. The molecule has 0 radical (unpaired) electrons. The summed E-state index contributed by atoms with van der Waals surface area (Å²) < 4.78 is 0. The van der Waals surface area contributed by atoms with Crippen molar-refractivity contribution in [2.75, 3.05) is 41.7 Å².